The summed E-state index contributed by atoms with van der Waals surface area (Å²) in [6.45, 7) is 2.07. The van der Waals surface area contributed by atoms with Crippen molar-refractivity contribution in [3.63, 3.8) is 0 Å². The van der Waals surface area contributed by atoms with Crippen molar-refractivity contribution in [2.45, 2.75) is 36.2 Å². The van der Waals surface area contributed by atoms with Crippen LogP contribution in [-0.2, 0) is 11.2 Å². The molecule has 2 aromatic carbocycles. The molecule has 2 unspecified atom stereocenters. The Bertz CT molecular complexity index is 1030. The minimum absolute atomic E-state index is 0.203. The highest BCUT2D eigenvalue weighted by Crippen LogP contribution is 2.37. The van der Waals surface area contributed by atoms with Crippen molar-refractivity contribution < 1.29 is 9.18 Å². The lowest BCUT2D eigenvalue weighted by atomic mass is 10.0. The Kier molecular flexibility index (Phi) is 5.73. The molecule has 0 aliphatic carbocycles. The number of anilines is 1. The highest BCUT2D eigenvalue weighted by atomic mass is 35.5. The van der Waals surface area contributed by atoms with Crippen LogP contribution in [0, 0.1) is 5.82 Å². The number of nitrogens with zero attached hydrogens (tertiary/aromatic N) is 3. The van der Waals surface area contributed by atoms with Crippen molar-refractivity contribution in [2.75, 3.05) is 10.7 Å². The average Bonchev–Trinajstić information content (AvgIpc) is 3.10. The van der Waals surface area contributed by atoms with Gasteiger partial charge in [-0.2, -0.15) is 0 Å². The fourth-order valence-electron chi connectivity index (χ4n) is 3.18. The molecule has 4 rings (SSSR count). The third-order valence-corrected chi connectivity index (χ3v) is 6.01. The van der Waals surface area contributed by atoms with E-state index >= 15 is 0 Å². The van der Waals surface area contributed by atoms with E-state index < -0.39 is 5.25 Å². The van der Waals surface area contributed by atoms with Crippen LogP contribution in [0.2, 0.25) is 5.02 Å². The Hall–Kier alpha value is -2.58. The maximum atomic E-state index is 13.4. The van der Waals surface area contributed by atoms with Crippen LogP contribution in [-0.4, -0.2) is 26.0 Å². The fourth-order valence-corrected chi connectivity index (χ4v) is 4.47. The van der Waals surface area contributed by atoms with Gasteiger partial charge in [0, 0.05) is 17.1 Å². The van der Waals surface area contributed by atoms with Gasteiger partial charge >= 0.3 is 0 Å². The molecule has 1 amide bonds. The molecule has 6 nitrogen and oxygen atoms in total. The first-order valence-electron chi connectivity index (χ1n) is 9.24. The second-order valence-corrected chi connectivity index (χ2v) is 8.23. The molecule has 0 saturated heterocycles. The smallest absolute Gasteiger partial charge is 0.240 e. The standard InChI is InChI=1S/C20H19ClFN5OS/c1-2-4-16-24-25-20-27(16)26-17(12-7-9-14(22)10-8-12)18(29-20)19(28)23-15-6-3-5-13(21)11-15/h3,5-11,17-18,26H,2,4H2,1H3,(H,23,28). The summed E-state index contributed by atoms with van der Waals surface area (Å²) in [7, 11) is 0. The molecule has 1 aliphatic heterocycles. The minimum atomic E-state index is -0.536. The number of aryl methyl sites for hydroxylation is 1. The molecule has 0 saturated carbocycles. The van der Waals surface area contributed by atoms with Gasteiger partial charge in [-0.3, -0.25) is 4.79 Å². The van der Waals surface area contributed by atoms with Crippen LogP contribution in [0.15, 0.2) is 53.7 Å². The largest absolute Gasteiger partial charge is 0.325 e. The van der Waals surface area contributed by atoms with Gasteiger partial charge in [-0.1, -0.05) is 48.5 Å². The van der Waals surface area contributed by atoms with Crippen LogP contribution in [0.3, 0.4) is 0 Å². The number of amides is 1. The van der Waals surface area contributed by atoms with Crippen LogP contribution in [0.25, 0.3) is 0 Å². The normalized spacial score (nSPS) is 18.0. The van der Waals surface area contributed by atoms with Crippen molar-refractivity contribution in [2.24, 2.45) is 0 Å². The van der Waals surface area contributed by atoms with Gasteiger partial charge in [0.15, 0.2) is 5.82 Å². The SMILES string of the molecule is CCCc1nnc2n1NC(c1ccc(F)cc1)C(C(=O)Nc1cccc(Cl)c1)S2. The van der Waals surface area contributed by atoms with Gasteiger partial charge in [0.25, 0.3) is 0 Å². The van der Waals surface area contributed by atoms with Crippen molar-refractivity contribution in [1.82, 2.24) is 14.9 Å². The summed E-state index contributed by atoms with van der Waals surface area (Å²) in [5.41, 5.74) is 4.76. The molecule has 2 N–H and O–H groups in total. The predicted octanol–water partition coefficient (Wildman–Crippen LogP) is 4.42. The van der Waals surface area contributed by atoms with Crippen LogP contribution < -0.4 is 10.7 Å². The van der Waals surface area contributed by atoms with Gasteiger partial charge in [0.2, 0.25) is 11.1 Å². The predicted molar refractivity (Wildman–Crippen MR) is 112 cm³/mol. The number of nitrogens with one attached hydrogen (secondary N) is 2. The van der Waals surface area contributed by atoms with Crippen LogP contribution >= 0.6 is 23.4 Å². The molecule has 0 spiro atoms. The quantitative estimate of drug-likeness (QED) is 0.625. The zero-order valence-corrected chi connectivity index (χ0v) is 17.2. The van der Waals surface area contributed by atoms with E-state index in [4.69, 9.17) is 11.6 Å². The third-order valence-electron chi connectivity index (χ3n) is 4.56. The summed E-state index contributed by atoms with van der Waals surface area (Å²) in [5.74, 6) is 0.273. The van der Waals surface area contributed by atoms with Crippen LogP contribution in [0.4, 0.5) is 10.1 Å². The Morgan fingerprint density at radius 1 is 1.28 bits per heavy atom. The second kappa shape index (κ2) is 8.42. The van der Waals surface area contributed by atoms with E-state index in [0.717, 1.165) is 24.2 Å². The lowest BCUT2D eigenvalue weighted by Crippen LogP contribution is -2.41. The molecular formula is C20H19ClFN5OS. The molecule has 0 bridgehead atoms. The number of rotatable bonds is 5. The molecule has 2 heterocycles. The Labute approximate surface area is 176 Å². The van der Waals surface area contributed by atoms with E-state index in [2.05, 4.69) is 27.9 Å². The molecule has 2 atom stereocenters. The zero-order valence-electron chi connectivity index (χ0n) is 15.6. The van der Waals surface area contributed by atoms with Gasteiger partial charge in [0.1, 0.15) is 11.1 Å². The minimum Gasteiger partial charge on any atom is -0.325 e. The van der Waals surface area contributed by atoms with Gasteiger partial charge in [-0.05, 0) is 42.3 Å². The topological polar surface area (TPSA) is 71.8 Å². The van der Waals surface area contributed by atoms with Gasteiger partial charge in [-0.15, -0.1) is 10.2 Å². The number of carbonyl (C=O) groups is 1. The summed E-state index contributed by atoms with van der Waals surface area (Å²) in [4.78, 5) is 13.1. The van der Waals surface area contributed by atoms with E-state index in [0.29, 0.717) is 15.9 Å². The van der Waals surface area contributed by atoms with Gasteiger partial charge in [-0.25, -0.2) is 9.07 Å². The van der Waals surface area contributed by atoms with Crippen molar-refractivity contribution in [3.05, 3.63) is 70.8 Å². The fraction of sp³-hybridized carbons (Fsp3) is 0.250. The first kappa shape index (κ1) is 19.7. The summed E-state index contributed by atoms with van der Waals surface area (Å²) < 4.78 is 15.3. The summed E-state index contributed by atoms with van der Waals surface area (Å²) in [5, 5.41) is 12.0. The van der Waals surface area contributed by atoms with Crippen LogP contribution in [0.1, 0.15) is 30.8 Å². The highest BCUT2D eigenvalue weighted by molar-refractivity contribution is 8.00. The molecule has 0 radical (unpaired) electrons. The van der Waals surface area contributed by atoms with Crippen LogP contribution in [0.5, 0.6) is 0 Å². The van der Waals surface area contributed by atoms with E-state index in [-0.39, 0.29) is 17.8 Å². The van der Waals surface area contributed by atoms with E-state index in [1.54, 1.807) is 36.4 Å². The van der Waals surface area contributed by atoms with E-state index in [1.165, 1.54) is 23.9 Å². The Morgan fingerprint density at radius 3 is 2.79 bits per heavy atom. The molecule has 29 heavy (non-hydrogen) atoms. The van der Waals surface area contributed by atoms with E-state index in [1.807, 2.05) is 4.68 Å². The number of thioether (sulfide) groups is 1. The number of aromatic nitrogens is 3. The third kappa shape index (κ3) is 4.23. The zero-order chi connectivity index (χ0) is 20.4. The number of carbonyl (C=O) groups excluding carboxylic acids is 1. The summed E-state index contributed by atoms with van der Waals surface area (Å²) in [6, 6.07) is 12.7. The maximum absolute atomic E-state index is 13.4. The monoisotopic (exact) mass is 431 g/mol. The van der Waals surface area contributed by atoms with Gasteiger partial charge in [0.05, 0.1) is 6.04 Å². The molecule has 9 heteroatoms. The molecule has 0 fully saturated rings. The summed E-state index contributed by atoms with van der Waals surface area (Å²) in [6.07, 6.45) is 1.68. The average molecular weight is 432 g/mol. The molecule has 3 aromatic rings. The van der Waals surface area contributed by atoms with Gasteiger partial charge < -0.3 is 10.7 Å². The van der Waals surface area contributed by atoms with Crippen molar-refractivity contribution in [1.29, 1.82) is 0 Å². The first-order chi connectivity index (χ1) is 14.0. The first-order valence-corrected chi connectivity index (χ1v) is 10.5. The Balaban J connectivity index is 1.66. The maximum Gasteiger partial charge on any atom is 0.240 e. The number of hydrogen-bond donors (Lipinski definition) is 2. The number of benzene rings is 2. The molecule has 1 aliphatic rings. The lowest BCUT2D eigenvalue weighted by Gasteiger charge is -2.33. The highest BCUT2D eigenvalue weighted by Gasteiger charge is 2.37. The van der Waals surface area contributed by atoms with Crippen molar-refractivity contribution in [3.8, 4) is 0 Å². The lowest BCUT2D eigenvalue weighted by molar-refractivity contribution is -0.116. The number of halogens is 2. The molecule has 1 aromatic heterocycles. The molecular weight excluding hydrogens is 413 g/mol. The Morgan fingerprint density at radius 2 is 2.07 bits per heavy atom. The number of hydrogen-bond acceptors (Lipinski definition) is 5. The summed E-state index contributed by atoms with van der Waals surface area (Å²) >= 11 is 7.36. The molecule has 150 valence electrons. The van der Waals surface area contributed by atoms with E-state index in [9.17, 15) is 9.18 Å². The van der Waals surface area contributed by atoms with Crippen molar-refractivity contribution >= 4 is 35.0 Å². The number of fused-ring (bicyclic) bond motifs is 1. The second-order valence-electron chi connectivity index (χ2n) is 6.68.